The highest BCUT2D eigenvalue weighted by molar-refractivity contribution is 5.79. The molecule has 0 spiro atoms. The van der Waals surface area contributed by atoms with Gasteiger partial charge in [0, 0.05) is 24.5 Å². The van der Waals surface area contributed by atoms with E-state index in [-0.39, 0.29) is 24.3 Å². The summed E-state index contributed by atoms with van der Waals surface area (Å²) in [7, 11) is 0. The Bertz CT molecular complexity index is 1100. The van der Waals surface area contributed by atoms with E-state index in [1.807, 2.05) is 37.3 Å². The average molecular weight is 442 g/mol. The number of carbonyl (C=O) groups is 1. The van der Waals surface area contributed by atoms with Crippen LogP contribution >= 0.6 is 0 Å². The van der Waals surface area contributed by atoms with E-state index < -0.39 is 6.36 Å². The zero-order chi connectivity index (χ0) is 22.7. The largest absolute Gasteiger partial charge is 0.573 e. The first-order valence-corrected chi connectivity index (χ1v) is 10.0. The van der Waals surface area contributed by atoms with Crippen molar-refractivity contribution in [2.75, 3.05) is 13.2 Å². The van der Waals surface area contributed by atoms with Crippen LogP contribution in [0.25, 0.3) is 11.1 Å². The van der Waals surface area contributed by atoms with Gasteiger partial charge in [-0.15, -0.1) is 13.2 Å². The molecule has 3 aromatic rings. The number of ether oxygens (including phenoxy) is 2. The summed E-state index contributed by atoms with van der Waals surface area (Å²) in [6, 6.07) is 15.1. The first-order valence-electron chi connectivity index (χ1n) is 10.0. The van der Waals surface area contributed by atoms with Gasteiger partial charge in [-0.25, -0.2) is 0 Å². The molecule has 32 heavy (non-hydrogen) atoms. The minimum Gasteiger partial charge on any atom is -0.406 e. The van der Waals surface area contributed by atoms with Gasteiger partial charge in [0.2, 0.25) is 5.91 Å². The van der Waals surface area contributed by atoms with Crippen LogP contribution in [0.3, 0.4) is 0 Å². The third-order valence-electron chi connectivity index (χ3n) is 5.22. The Hall–Kier alpha value is -3.39. The Morgan fingerprint density at radius 3 is 2.62 bits per heavy atom. The maximum atomic E-state index is 12.6. The van der Waals surface area contributed by atoms with Gasteiger partial charge < -0.3 is 14.4 Å². The summed E-state index contributed by atoms with van der Waals surface area (Å²) in [4.78, 5) is 18.6. The van der Waals surface area contributed by atoms with Crippen LogP contribution in [0, 0.1) is 6.92 Å². The highest BCUT2D eigenvalue weighted by Gasteiger charge is 2.32. The molecular weight excluding hydrogens is 421 g/mol. The van der Waals surface area contributed by atoms with Gasteiger partial charge in [0.1, 0.15) is 12.4 Å². The topological polar surface area (TPSA) is 51.7 Å². The monoisotopic (exact) mass is 442 g/mol. The number of halogens is 3. The lowest BCUT2D eigenvalue weighted by Crippen LogP contribution is -2.43. The zero-order valence-corrected chi connectivity index (χ0v) is 17.3. The van der Waals surface area contributed by atoms with Gasteiger partial charge >= 0.3 is 6.36 Å². The van der Waals surface area contributed by atoms with Crippen LogP contribution in [0.5, 0.6) is 5.75 Å². The number of rotatable bonds is 5. The lowest BCUT2D eigenvalue weighted by atomic mass is 10.0. The summed E-state index contributed by atoms with van der Waals surface area (Å²) < 4.78 is 47.2. The molecule has 166 valence electrons. The number of amides is 1. The van der Waals surface area contributed by atoms with E-state index in [1.54, 1.807) is 23.4 Å². The highest BCUT2D eigenvalue weighted by atomic mass is 19.4. The highest BCUT2D eigenvalue weighted by Crippen LogP contribution is 2.31. The number of alkyl halides is 3. The van der Waals surface area contributed by atoms with Gasteiger partial charge in [-0.2, -0.15) is 0 Å². The number of benzene rings is 2. The van der Waals surface area contributed by atoms with Gasteiger partial charge in [0.25, 0.3) is 0 Å². The van der Waals surface area contributed by atoms with Crippen molar-refractivity contribution in [2.45, 2.75) is 25.9 Å². The van der Waals surface area contributed by atoms with E-state index in [0.29, 0.717) is 24.3 Å². The van der Waals surface area contributed by atoms with Crippen LogP contribution in [0.4, 0.5) is 13.2 Å². The summed E-state index contributed by atoms with van der Waals surface area (Å²) >= 11 is 0. The van der Waals surface area contributed by atoms with E-state index in [4.69, 9.17) is 4.74 Å². The van der Waals surface area contributed by atoms with E-state index in [2.05, 4.69) is 9.72 Å². The first kappa shape index (κ1) is 21.8. The second-order valence-corrected chi connectivity index (χ2v) is 7.62. The van der Waals surface area contributed by atoms with Gasteiger partial charge in [-0.05, 0) is 41.8 Å². The van der Waals surface area contributed by atoms with Gasteiger partial charge in [0.15, 0.2) is 0 Å². The minimum atomic E-state index is -4.77. The van der Waals surface area contributed by atoms with Crippen molar-refractivity contribution in [3.63, 3.8) is 0 Å². The van der Waals surface area contributed by atoms with Crippen molar-refractivity contribution in [3.05, 3.63) is 83.7 Å². The lowest BCUT2D eigenvalue weighted by Gasteiger charge is -2.36. The molecule has 4 rings (SSSR count). The Morgan fingerprint density at radius 1 is 1.09 bits per heavy atom. The fourth-order valence-corrected chi connectivity index (χ4v) is 3.64. The lowest BCUT2D eigenvalue weighted by molar-refractivity contribution is -0.274. The third kappa shape index (κ3) is 5.26. The molecule has 0 aliphatic carbocycles. The summed E-state index contributed by atoms with van der Waals surface area (Å²) in [5.74, 6) is -0.439. The predicted octanol–water partition coefficient (Wildman–Crippen LogP) is 5.06. The molecule has 1 aliphatic rings. The van der Waals surface area contributed by atoms with Crippen molar-refractivity contribution in [1.29, 1.82) is 0 Å². The number of hydrogen-bond donors (Lipinski definition) is 0. The zero-order valence-electron chi connectivity index (χ0n) is 17.3. The second kappa shape index (κ2) is 9.00. The molecule has 2 aromatic carbocycles. The van der Waals surface area contributed by atoms with Crippen molar-refractivity contribution >= 4 is 5.91 Å². The number of hydrogen-bond acceptors (Lipinski definition) is 4. The molecule has 1 saturated heterocycles. The number of carbonyl (C=O) groups excluding carboxylic acids is 1. The molecule has 8 heteroatoms. The standard InChI is InChI=1S/C24H21F3N2O3/c1-16-5-7-17(8-6-16)13-29-22(14-31-15-23(29)30)20-9-19(11-28-12-20)18-3-2-4-21(10-18)32-24(25,26)27/h2-12,22H,13-15H2,1H3. The van der Waals surface area contributed by atoms with Crippen molar-refractivity contribution in [1.82, 2.24) is 9.88 Å². The van der Waals surface area contributed by atoms with Crippen molar-refractivity contribution < 1.29 is 27.4 Å². The summed E-state index contributed by atoms with van der Waals surface area (Å²) in [6.45, 7) is 2.73. The molecule has 1 atom stereocenters. The minimum absolute atomic E-state index is 0.00626. The number of aryl methyl sites for hydroxylation is 1. The Labute approximate surface area is 183 Å². The van der Waals surface area contributed by atoms with Crippen LogP contribution in [0.2, 0.25) is 0 Å². The molecule has 0 radical (unpaired) electrons. The molecule has 1 aliphatic heterocycles. The average Bonchev–Trinajstić information content (AvgIpc) is 2.76. The van der Waals surface area contributed by atoms with Gasteiger partial charge in [0.05, 0.1) is 12.6 Å². The van der Waals surface area contributed by atoms with E-state index in [1.165, 1.54) is 18.2 Å². The fraction of sp³-hybridized carbons (Fsp3) is 0.250. The Balaban J connectivity index is 1.61. The number of pyridine rings is 1. The maximum Gasteiger partial charge on any atom is 0.573 e. The smallest absolute Gasteiger partial charge is 0.406 e. The molecule has 1 unspecified atom stereocenters. The summed E-state index contributed by atoms with van der Waals surface area (Å²) in [5.41, 5.74) is 4.01. The molecule has 1 fully saturated rings. The second-order valence-electron chi connectivity index (χ2n) is 7.62. The SMILES string of the molecule is Cc1ccc(CN2C(=O)COCC2c2cncc(-c3cccc(OC(F)(F)F)c3)c2)cc1. The normalized spacial score (nSPS) is 16.8. The molecule has 1 aromatic heterocycles. The van der Waals surface area contributed by atoms with Crippen molar-refractivity contribution in [2.24, 2.45) is 0 Å². The third-order valence-corrected chi connectivity index (χ3v) is 5.22. The van der Waals surface area contributed by atoms with Gasteiger partial charge in [-0.1, -0.05) is 42.0 Å². The quantitative estimate of drug-likeness (QED) is 0.555. The van der Waals surface area contributed by atoms with Crippen molar-refractivity contribution in [3.8, 4) is 16.9 Å². The number of aromatic nitrogens is 1. The van der Waals surface area contributed by atoms with E-state index in [9.17, 15) is 18.0 Å². The van der Waals surface area contributed by atoms with Crippen LogP contribution in [0.1, 0.15) is 22.7 Å². The van der Waals surface area contributed by atoms with Gasteiger partial charge in [-0.3, -0.25) is 9.78 Å². The summed E-state index contributed by atoms with van der Waals surface area (Å²) in [6.07, 6.45) is -1.56. The maximum absolute atomic E-state index is 12.6. The van der Waals surface area contributed by atoms with Crippen LogP contribution in [-0.4, -0.2) is 35.4 Å². The predicted molar refractivity (Wildman–Crippen MR) is 112 cm³/mol. The fourth-order valence-electron chi connectivity index (χ4n) is 3.64. The molecule has 0 N–H and O–H groups in total. The Morgan fingerprint density at radius 2 is 1.88 bits per heavy atom. The Kier molecular flexibility index (Phi) is 6.14. The molecule has 0 bridgehead atoms. The molecule has 5 nitrogen and oxygen atoms in total. The van der Waals surface area contributed by atoms with Crippen LogP contribution in [0.15, 0.2) is 67.0 Å². The molecule has 2 heterocycles. The molecular formula is C24H21F3N2O3. The number of morpholine rings is 1. The molecule has 1 amide bonds. The first-order chi connectivity index (χ1) is 15.3. The molecule has 0 saturated carbocycles. The van der Waals surface area contributed by atoms with E-state index in [0.717, 1.165) is 16.7 Å². The number of nitrogens with zero attached hydrogens (tertiary/aromatic N) is 2. The summed E-state index contributed by atoms with van der Waals surface area (Å²) in [5, 5.41) is 0. The van der Waals surface area contributed by atoms with Crippen LogP contribution in [-0.2, 0) is 16.1 Å². The van der Waals surface area contributed by atoms with Crippen LogP contribution < -0.4 is 4.74 Å². The van der Waals surface area contributed by atoms with E-state index >= 15 is 0 Å².